The minimum atomic E-state index is 0.749. The normalized spacial score (nSPS) is 11.7. The van der Waals surface area contributed by atoms with Gasteiger partial charge in [0.1, 0.15) is 0 Å². The summed E-state index contributed by atoms with van der Waals surface area (Å²) in [7, 11) is 0. The van der Waals surface area contributed by atoms with Gasteiger partial charge in [-0.05, 0) is 100 Å². The molecule has 0 fully saturated rings. The van der Waals surface area contributed by atoms with Gasteiger partial charge in [-0.1, -0.05) is 127 Å². The van der Waals surface area contributed by atoms with Crippen LogP contribution in [-0.4, -0.2) is 0 Å². The molecule has 8 aromatic carbocycles. The molecule has 1 heteroatoms. The molecule has 0 atom stereocenters. The topological polar surface area (TPSA) is 0 Å². The highest BCUT2D eigenvalue weighted by Gasteiger charge is 2.16. The van der Waals surface area contributed by atoms with Gasteiger partial charge in [-0.3, -0.25) is 0 Å². The average molecular weight is 515 g/mol. The van der Waals surface area contributed by atoms with Gasteiger partial charge in [0.15, 0.2) is 0 Å². The Labute approximate surface area is 231 Å². The first-order valence-corrected chi connectivity index (χ1v) is 13.7. The first kappa shape index (κ1) is 22.3. The van der Waals surface area contributed by atoms with Crippen LogP contribution in [0, 0.1) is 0 Å². The van der Waals surface area contributed by atoms with Crippen molar-refractivity contribution in [3.8, 4) is 22.3 Å². The predicted molar refractivity (Wildman–Crippen MR) is 170 cm³/mol. The van der Waals surface area contributed by atoms with E-state index in [0.29, 0.717) is 0 Å². The monoisotopic (exact) mass is 514 g/mol. The van der Waals surface area contributed by atoms with Crippen LogP contribution < -0.4 is 0 Å². The number of hydrogen-bond acceptors (Lipinski definition) is 0. The Bertz CT molecular complexity index is 2230. The van der Waals surface area contributed by atoms with Crippen LogP contribution in [0.2, 0.25) is 5.02 Å². The molecule has 0 saturated carbocycles. The predicted octanol–water partition coefficient (Wildman–Crippen LogP) is 11.4. The summed E-state index contributed by atoms with van der Waals surface area (Å²) >= 11 is 6.64. The summed E-state index contributed by atoms with van der Waals surface area (Å²) in [5, 5.41) is 13.2. The molecule has 0 aromatic heterocycles. The lowest BCUT2D eigenvalue weighted by Crippen LogP contribution is -1.90. The number of hydrogen-bond donors (Lipinski definition) is 0. The zero-order valence-corrected chi connectivity index (χ0v) is 21.9. The molecule has 182 valence electrons. The zero-order valence-electron chi connectivity index (χ0n) is 21.2. The highest BCUT2D eigenvalue weighted by Crippen LogP contribution is 2.44. The Morgan fingerprint density at radius 3 is 1.36 bits per heavy atom. The quantitative estimate of drug-likeness (QED) is 0.201. The molecule has 0 saturated heterocycles. The summed E-state index contributed by atoms with van der Waals surface area (Å²) in [4.78, 5) is 0. The van der Waals surface area contributed by atoms with Gasteiger partial charge < -0.3 is 0 Å². The molecule has 0 amide bonds. The molecular weight excluding hydrogens is 492 g/mol. The van der Waals surface area contributed by atoms with E-state index in [1.807, 2.05) is 6.07 Å². The lowest BCUT2D eigenvalue weighted by atomic mass is 9.86. The van der Waals surface area contributed by atoms with Crippen LogP contribution in [-0.2, 0) is 0 Å². The number of benzene rings is 8. The van der Waals surface area contributed by atoms with E-state index in [1.165, 1.54) is 76.1 Å². The molecule has 0 spiro atoms. The summed E-state index contributed by atoms with van der Waals surface area (Å²) in [5.41, 5.74) is 4.94. The second-order valence-corrected chi connectivity index (χ2v) is 10.7. The van der Waals surface area contributed by atoms with E-state index < -0.39 is 0 Å². The summed E-state index contributed by atoms with van der Waals surface area (Å²) in [6.07, 6.45) is 0. The minimum absolute atomic E-state index is 0.749. The minimum Gasteiger partial charge on any atom is -0.0843 e. The van der Waals surface area contributed by atoms with E-state index in [4.69, 9.17) is 11.6 Å². The SMILES string of the molecule is Clc1ccc2c(c1)c(-c1cccc3ccccc13)cc1c3ccccc3c(-c3cccc4ccccc34)cc21. The van der Waals surface area contributed by atoms with Crippen molar-refractivity contribution >= 4 is 65.5 Å². The molecular formula is C38H23Cl. The fourth-order valence-electron chi connectivity index (χ4n) is 6.34. The first-order chi connectivity index (χ1) is 19.3. The average Bonchev–Trinajstić information content (AvgIpc) is 2.99. The van der Waals surface area contributed by atoms with Gasteiger partial charge in [0, 0.05) is 5.02 Å². The van der Waals surface area contributed by atoms with Gasteiger partial charge in [0.05, 0.1) is 0 Å². The van der Waals surface area contributed by atoms with Crippen molar-refractivity contribution in [1.82, 2.24) is 0 Å². The fraction of sp³-hybridized carbons (Fsp3) is 0. The molecule has 39 heavy (non-hydrogen) atoms. The van der Waals surface area contributed by atoms with Crippen molar-refractivity contribution in [3.05, 3.63) is 145 Å². The Balaban J connectivity index is 1.55. The van der Waals surface area contributed by atoms with Crippen LogP contribution in [0.25, 0.3) is 76.1 Å². The van der Waals surface area contributed by atoms with Crippen LogP contribution in [0.1, 0.15) is 0 Å². The maximum atomic E-state index is 6.64. The van der Waals surface area contributed by atoms with Crippen LogP contribution in [0.5, 0.6) is 0 Å². The smallest absolute Gasteiger partial charge is 0.0412 e. The standard InChI is InChI=1S/C38H23Cl/c39-26-19-20-33-34(21-26)36(30-18-8-12-25-10-2-4-14-28(25)30)23-37-32-16-6-5-15-31(32)35(22-38(33)37)29-17-7-11-24-9-1-3-13-27(24)29/h1-23H. The van der Waals surface area contributed by atoms with Crippen molar-refractivity contribution in [3.63, 3.8) is 0 Å². The molecule has 0 aliphatic rings. The lowest BCUT2D eigenvalue weighted by molar-refractivity contribution is 1.69. The number of halogens is 1. The Morgan fingerprint density at radius 1 is 0.282 bits per heavy atom. The second kappa shape index (κ2) is 8.70. The van der Waals surface area contributed by atoms with Crippen LogP contribution in [0.3, 0.4) is 0 Å². The molecule has 0 aliphatic heterocycles. The van der Waals surface area contributed by atoms with Gasteiger partial charge in [0.2, 0.25) is 0 Å². The highest BCUT2D eigenvalue weighted by atomic mass is 35.5. The zero-order chi connectivity index (χ0) is 25.9. The third kappa shape index (κ3) is 3.46. The Kier molecular flexibility index (Phi) is 4.98. The Hall–Kier alpha value is -4.65. The van der Waals surface area contributed by atoms with E-state index in [2.05, 4.69) is 133 Å². The van der Waals surface area contributed by atoms with E-state index >= 15 is 0 Å². The fourth-order valence-corrected chi connectivity index (χ4v) is 6.51. The van der Waals surface area contributed by atoms with Crippen molar-refractivity contribution in [1.29, 1.82) is 0 Å². The van der Waals surface area contributed by atoms with Crippen LogP contribution >= 0.6 is 11.6 Å². The Morgan fingerprint density at radius 2 is 0.744 bits per heavy atom. The molecule has 0 N–H and O–H groups in total. The van der Waals surface area contributed by atoms with E-state index in [1.54, 1.807) is 0 Å². The summed E-state index contributed by atoms with van der Waals surface area (Å²) in [6, 6.07) is 50.4. The summed E-state index contributed by atoms with van der Waals surface area (Å²) in [5.74, 6) is 0. The molecule has 0 heterocycles. The molecule has 0 unspecified atom stereocenters. The van der Waals surface area contributed by atoms with Gasteiger partial charge >= 0.3 is 0 Å². The number of rotatable bonds is 2. The van der Waals surface area contributed by atoms with Gasteiger partial charge in [-0.25, -0.2) is 0 Å². The van der Waals surface area contributed by atoms with Crippen molar-refractivity contribution in [2.24, 2.45) is 0 Å². The second-order valence-electron chi connectivity index (χ2n) is 10.2. The molecule has 0 nitrogen and oxygen atoms in total. The number of fused-ring (bicyclic) bond motifs is 7. The largest absolute Gasteiger partial charge is 0.0843 e. The molecule has 0 aliphatic carbocycles. The van der Waals surface area contributed by atoms with Gasteiger partial charge in [-0.15, -0.1) is 0 Å². The van der Waals surface area contributed by atoms with Crippen LogP contribution in [0.4, 0.5) is 0 Å². The first-order valence-electron chi connectivity index (χ1n) is 13.3. The van der Waals surface area contributed by atoms with Gasteiger partial charge in [0.25, 0.3) is 0 Å². The maximum absolute atomic E-state index is 6.64. The van der Waals surface area contributed by atoms with Gasteiger partial charge in [-0.2, -0.15) is 0 Å². The molecule has 8 rings (SSSR count). The van der Waals surface area contributed by atoms with E-state index in [-0.39, 0.29) is 0 Å². The lowest BCUT2D eigenvalue weighted by Gasteiger charge is -2.18. The third-order valence-corrected chi connectivity index (χ3v) is 8.33. The molecule has 0 bridgehead atoms. The van der Waals surface area contributed by atoms with E-state index in [0.717, 1.165) is 5.02 Å². The molecule has 8 aromatic rings. The summed E-state index contributed by atoms with van der Waals surface area (Å²) < 4.78 is 0. The summed E-state index contributed by atoms with van der Waals surface area (Å²) in [6.45, 7) is 0. The van der Waals surface area contributed by atoms with E-state index in [9.17, 15) is 0 Å². The van der Waals surface area contributed by atoms with Crippen LogP contribution in [0.15, 0.2) is 140 Å². The van der Waals surface area contributed by atoms with Crippen molar-refractivity contribution in [2.45, 2.75) is 0 Å². The maximum Gasteiger partial charge on any atom is 0.0412 e. The highest BCUT2D eigenvalue weighted by molar-refractivity contribution is 6.33. The third-order valence-electron chi connectivity index (χ3n) is 8.10. The van der Waals surface area contributed by atoms with Crippen molar-refractivity contribution in [2.75, 3.05) is 0 Å². The molecule has 0 radical (unpaired) electrons. The van der Waals surface area contributed by atoms with Crippen molar-refractivity contribution < 1.29 is 0 Å².